The number of nitrogen functional groups attached to an aromatic ring is 2. The van der Waals surface area contributed by atoms with Crippen molar-refractivity contribution in [2.24, 2.45) is 0 Å². The fraction of sp³-hybridized carbons (Fsp3) is 0.280. The summed E-state index contributed by atoms with van der Waals surface area (Å²) < 4.78 is 72.2. The van der Waals surface area contributed by atoms with E-state index in [0.29, 0.717) is 5.52 Å². The van der Waals surface area contributed by atoms with Crippen molar-refractivity contribution in [1.82, 2.24) is 19.9 Å². The van der Waals surface area contributed by atoms with Crippen molar-refractivity contribution in [3.8, 4) is 22.6 Å². The molecule has 1 aromatic carbocycles. The molecule has 208 valence electrons. The van der Waals surface area contributed by atoms with Crippen molar-refractivity contribution in [3.63, 3.8) is 0 Å². The largest absolute Gasteiger partial charge is 0.382 e. The first-order chi connectivity index (χ1) is 18.6. The summed E-state index contributed by atoms with van der Waals surface area (Å²) in [5.74, 6) is -2.28. The number of nitrogens with one attached hydrogen (secondary N) is 1. The van der Waals surface area contributed by atoms with Gasteiger partial charge in [-0.15, -0.1) is 0 Å². The predicted octanol–water partition coefficient (Wildman–Crippen LogP) is 4.34. The molecule has 3 heterocycles. The highest BCUT2D eigenvalue weighted by molar-refractivity contribution is 7.92. The Balaban J connectivity index is 0.000000771. The summed E-state index contributed by atoms with van der Waals surface area (Å²) in [6, 6.07) is 8.23. The number of benzene rings is 1. The van der Waals surface area contributed by atoms with Gasteiger partial charge in [0.05, 0.1) is 29.3 Å². The Kier molecular flexibility index (Phi) is 9.95. The number of aromatic nitrogens is 4. The maximum atomic E-state index is 15.1. The first-order valence-electron chi connectivity index (χ1n) is 11.9. The van der Waals surface area contributed by atoms with Crippen molar-refractivity contribution in [2.75, 3.05) is 41.8 Å². The lowest BCUT2D eigenvalue weighted by molar-refractivity contribution is 0.162. The molecule has 0 spiro atoms. The number of ether oxygens (including phenoxy) is 1. The van der Waals surface area contributed by atoms with Crippen molar-refractivity contribution in [2.45, 2.75) is 20.3 Å². The third-order valence-electron chi connectivity index (χ3n) is 5.19. The molecule has 14 heteroatoms. The second-order valence-electron chi connectivity index (χ2n) is 8.00. The number of anilines is 3. The summed E-state index contributed by atoms with van der Waals surface area (Å²) >= 11 is 0. The van der Waals surface area contributed by atoms with E-state index >= 15 is 4.39 Å². The number of fused-ring (bicyclic) bond motifs is 1. The first kappa shape index (κ1) is 29.5. The van der Waals surface area contributed by atoms with Gasteiger partial charge in [0.1, 0.15) is 5.52 Å². The number of pyridine rings is 2. The number of hydrogen-bond donors (Lipinski definition) is 3. The molecule has 0 amide bonds. The second-order valence-corrected chi connectivity index (χ2v) is 9.84. The van der Waals surface area contributed by atoms with Crippen LogP contribution in [0.2, 0.25) is 0 Å². The lowest BCUT2D eigenvalue weighted by Gasteiger charge is -2.12. The van der Waals surface area contributed by atoms with Gasteiger partial charge in [-0.05, 0) is 50.6 Å². The monoisotopic (exact) mass is 563 g/mol. The van der Waals surface area contributed by atoms with E-state index in [1.54, 1.807) is 0 Å². The van der Waals surface area contributed by atoms with Crippen LogP contribution in [0.3, 0.4) is 0 Å². The van der Waals surface area contributed by atoms with E-state index in [9.17, 15) is 17.2 Å². The van der Waals surface area contributed by atoms with Gasteiger partial charge in [0, 0.05) is 30.5 Å². The Labute approximate surface area is 223 Å². The lowest BCUT2D eigenvalue weighted by Crippen LogP contribution is -2.18. The van der Waals surface area contributed by atoms with E-state index in [0.717, 1.165) is 19.3 Å². The van der Waals surface area contributed by atoms with E-state index in [2.05, 4.69) is 24.7 Å². The Morgan fingerprint density at radius 1 is 1.00 bits per heavy atom. The minimum Gasteiger partial charge on any atom is -0.382 e. The quantitative estimate of drug-likeness (QED) is 0.269. The highest BCUT2D eigenvalue weighted by Gasteiger charge is 2.18. The van der Waals surface area contributed by atoms with Gasteiger partial charge in [-0.25, -0.2) is 37.1 Å². The van der Waals surface area contributed by atoms with Crippen LogP contribution < -0.4 is 16.2 Å². The number of rotatable bonds is 9. The summed E-state index contributed by atoms with van der Waals surface area (Å²) in [5, 5.41) is 0. The molecule has 39 heavy (non-hydrogen) atoms. The minimum atomic E-state index is -3.93. The molecule has 5 N–H and O–H groups in total. The van der Waals surface area contributed by atoms with Crippen LogP contribution in [0, 0.1) is 11.6 Å². The Bertz CT molecular complexity index is 1550. The molecule has 0 aliphatic rings. The summed E-state index contributed by atoms with van der Waals surface area (Å²) in [4.78, 5) is 16.5. The van der Waals surface area contributed by atoms with Crippen LogP contribution in [0.5, 0.6) is 0 Å². The van der Waals surface area contributed by atoms with Crippen LogP contribution in [0.4, 0.5) is 30.5 Å². The van der Waals surface area contributed by atoms with Gasteiger partial charge in [0.15, 0.2) is 29.1 Å². The number of alkyl halides is 1. The van der Waals surface area contributed by atoms with Crippen molar-refractivity contribution >= 4 is 38.4 Å². The molecule has 0 fully saturated rings. The van der Waals surface area contributed by atoms with Crippen LogP contribution >= 0.6 is 0 Å². The van der Waals surface area contributed by atoms with Gasteiger partial charge in [-0.2, -0.15) is 0 Å². The van der Waals surface area contributed by atoms with E-state index in [1.807, 2.05) is 13.8 Å². The number of nitrogens with two attached hydrogens (primary N) is 2. The topological polar surface area (TPSA) is 159 Å². The van der Waals surface area contributed by atoms with E-state index in [-0.39, 0.29) is 51.9 Å². The Morgan fingerprint density at radius 2 is 1.74 bits per heavy atom. The van der Waals surface area contributed by atoms with Gasteiger partial charge in [-0.1, -0.05) is 6.07 Å². The zero-order valence-electron chi connectivity index (χ0n) is 21.3. The summed E-state index contributed by atoms with van der Waals surface area (Å²) in [7, 11) is -3.93. The molecule has 0 aliphatic heterocycles. The zero-order valence-corrected chi connectivity index (χ0v) is 22.1. The highest BCUT2D eigenvalue weighted by atomic mass is 32.2. The van der Waals surface area contributed by atoms with Gasteiger partial charge in [0.25, 0.3) is 0 Å². The third-order valence-corrected chi connectivity index (χ3v) is 6.55. The number of halogens is 3. The average molecular weight is 564 g/mol. The molecule has 10 nitrogen and oxygen atoms in total. The van der Waals surface area contributed by atoms with Gasteiger partial charge < -0.3 is 16.2 Å². The maximum Gasteiger partial charge on any atom is 0.232 e. The molecule has 0 atom stereocenters. The summed E-state index contributed by atoms with van der Waals surface area (Å²) in [5.41, 5.74) is 12.0. The first-order valence-corrected chi connectivity index (χ1v) is 13.5. The third kappa shape index (κ3) is 7.51. The number of sulfonamides is 1. The molecule has 0 unspecified atom stereocenters. The summed E-state index contributed by atoms with van der Waals surface area (Å²) in [6.07, 6.45) is 1.10. The SMILES string of the molecule is CCOCC.Nc1ncc(-c2nc(N)c3nc(-c4cccc(NS(=O)(=O)CCCF)c4F)ccc3n2)cc1F. The molecule has 0 saturated carbocycles. The molecule has 0 saturated heterocycles. The molecular formula is C25H28F3N7O3S. The highest BCUT2D eigenvalue weighted by Crippen LogP contribution is 2.30. The molecule has 0 aliphatic carbocycles. The van der Waals surface area contributed by atoms with Crippen molar-refractivity contribution in [1.29, 1.82) is 0 Å². The molecule has 4 aromatic rings. The van der Waals surface area contributed by atoms with E-state index in [1.165, 1.54) is 36.5 Å². The summed E-state index contributed by atoms with van der Waals surface area (Å²) in [6.45, 7) is 4.86. The standard InChI is InChI=1S/C21H18F3N7O2S.C4H10O/c22-7-2-8-34(32,33)31-15-4-1-3-12(17(15)24)14-5-6-16-18(28-14)20(26)30-21(29-16)11-9-13(23)19(25)27-10-11;1-3-5-4-2/h1,3-6,9-10,31H,2,7-8H2,(H2,25,27)(H2,26,29,30);3-4H2,1-2H3. The second kappa shape index (κ2) is 13.2. The van der Waals surface area contributed by atoms with Crippen LogP contribution in [-0.2, 0) is 14.8 Å². The molecular weight excluding hydrogens is 535 g/mol. The smallest absolute Gasteiger partial charge is 0.232 e. The molecule has 0 bridgehead atoms. The predicted molar refractivity (Wildman–Crippen MR) is 145 cm³/mol. The van der Waals surface area contributed by atoms with Gasteiger partial charge >= 0.3 is 0 Å². The van der Waals surface area contributed by atoms with E-state index < -0.39 is 34.1 Å². The Morgan fingerprint density at radius 3 is 2.38 bits per heavy atom. The number of nitrogens with zero attached hydrogens (tertiary/aromatic N) is 4. The van der Waals surface area contributed by atoms with E-state index in [4.69, 9.17) is 16.2 Å². The minimum absolute atomic E-state index is 0.000809. The molecule has 0 radical (unpaired) electrons. The fourth-order valence-electron chi connectivity index (χ4n) is 3.36. The normalized spacial score (nSPS) is 11.2. The van der Waals surface area contributed by atoms with Crippen LogP contribution in [-0.4, -0.2) is 54.0 Å². The van der Waals surface area contributed by atoms with Crippen LogP contribution in [0.25, 0.3) is 33.7 Å². The number of hydrogen-bond acceptors (Lipinski definition) is 9. The lowest BCUT2D eigenvalue weighted by atomic mass is 10.1. The molecule has 4 rings (SSSR count). The van der Waals surface area contributed by atoms with Crippen LogP contribution in [0.1, 0.15) is 20.3 Å². The maximum absolute atomic E-state index is 15.1. The Hall–Kier alpha value is -4.04. The fourth-order valence-corrected chi connectivity index (χ4v) is 4.45. The average Bonchev–Trinajstić information content (AvgIpc) is 2.91. The van der Waals surface area contributed by atoms with Crippen molar-refractivity contribution in [3.05, 3.63) is 54.2 Å². The van der Waals surface area contributed by atoms with Gasteiger partial charge in [0.2, 0.25) is 10.0 Å². The zero-order chi connectivity index (χ0) is 28.6. The van der Waals surface area contributed by atoms with Crippen LogP contribution in [0.15, 0.2) is 42.6 Å². The van der Waals surface area contributed by atoms with Gasteiger partial charge in [-0.3, -0.25) is 9.11 Å². The molecule has 3 aromatic heterocycles. The van der Waals surface area contributed by atoms with Crippen molar-refractivity contribution < 1.29 is 26.3 Å².